The number of rotatable bonds is 22. The first-order valence-electron chi connectivity index (χ1n) is 21.7. The highest BCUT2D eigenvalue weighted by atomic mass is 16.5. The fourth-order valence-electron chi connectivity index (χ4n) is 8.93. The van der Waals surface area contributed by atoms with Crippen molar-refractivity contribution < 1.29 is 34.0 Å². The number of benzene rings is 2. The lowest BCUT2D eigenvalue weighted by Crippen LogP contribution is -2.32. The molecule has 2 aromatic rings. The second kappa shape index (κ2) is 22.5. The first-order chi connectivity index (χ1) is 26.9. The van der Waals surface area contributed by atoms with Crippen molar-refractivity contribution in [3.8, 4) is 16.9 Å². The molecule has 7 heteroatoms. The van der Waals surface area contributed by atoms with Crippen molar-refractivity contribution in [3.63, 3.8) is 0 Å². The molecular formula is C49H72O7. The van der Waals surface area contributed by atoms with E-state index >= 15 is 0 Å². The summed E-state index contributed by atoms with van der Waals surface area (Å²) >= 11 is 0. The molecule has 2 saturated carbocycles. The van der Waals surface area contributed by atoms with E-state index in [9.17, 15) is 19.8 Å². The van der Waals surface area contributed by atoms with Crippen LogP contribution in [0.3, 0.4) is 0 Å². The second-order valence-corrected chi connectivity index (χ2v) is 17.4. The first kappa shape index (κ1) is 45.3. The van der Waals surface area contributed by atoms with Gasteiger partial charge in [-0.1, -0.05) is 70.9 Å². The van der Waals surface area contributed by atoms with Gasteiger partial charge in [-0.3, -0.25) is 0 Å². The van der Waals surface area contributed by atoms with Gasteiger partial charge in [-0.25, -0.2) is 9.59 Å². The molecule has 2 aliphatic carbocycles. The van der Waals surface area contributed by atoms with Crippen LogP contribution in [-0.4, -0.2) is 55.2 Å². The molecule has 310 valence electrons. The maximum absolute atomic E-state index is 12.2. The monoisotopic (exact) mass is 773 g/mol. The van der Waals surface area contributed by atoms with E-state index < -0.39 is 17.4 Å². The Morgan fingerprint density at radius 2 is 1.29 bits per heavy atom. The maximum atomic E-state index is 12.2. The van der Waals surface area contributed by atoms with Gasteiger partial charge in [-0.2, -0.15) is 0 Å². The highest BCUT2D eigenvalue weighted by molar-refractivity contribution is 5.87. The lowest BCUT2D eigenvalue weighted by atomic mass is 9.68. The van der Waals surface area contributed by atoms with Gasteiger partial charge < -0.3 is 24.4 Å². The summed E-state index contributed by atoms with van der Waals surface area (Å²) < 4.78 is 17.6. The van der Waals surface area contributed by atoms with Crippen LogP contribution in [0.25, 0.3) is 11.1 Å². The number of aryl methyl sites for hydroxylation is 3. The van der Waals surface area contributed by atoms with Gasteiger partial charge in [0.2, 0.25) is 0 Å². The summed E-state index contributed by atoms with van der Waals surface area (Å²) in [4.78, 5) is 24.3. The van der Waals surface area contributed by atoms with Crippen LogP contribution in [0.5, 0.6) is 5.75 Å². The minimum absolute atomic E-state index is 0.107. The highest BCUT2D eigenvalue weighted by Crippen LogP contribution is 2.45. The number of carbonyl (C=O) groups is 2. The number of ether oxygens (including phenoxy) is 3. The quantitative estimate of drug-likeness (QED) is 0.0698. The van der Waals surface area contributed by atoms with Gasteiger partial charge in [0.25, 0.3) is 0 Å². The van der Waals surface area contributed by atoms with Crippen LogP contribution in [-0.2, 0) is 31.9 Å². The first-order valence-corrected chi connectivity index (χ1v) is 21.7. The lowest BCUT2D eigenvalue weighted by Gasteiger charge is -2.37. The van der Waals surface area contributed by atoms with Gasteiger partial charge >= 0.3 is 11.9 Å². The smallest absolute Gasteiger partial charge is 0.333 e. The van der Waals surface area contributed by atoms with Gasteiger partial charge in [-0.05, 0) is 167 Å². The van der Waals surface area contributed by atoms with Gasteiger partial charge in [0.1, 0.15) is 5.75 Å². The summed E-state index contributed by atoms with van der Waals surface area (Å²) in [5, 5.41) is 20.6. The Bertz CT molecular complexity index is 1530. The summed E-state index contributed by atoms with van der Waals surface area (Å²) in [5.74, 6) is 3.30. The Labute approximate surface area is 338 Å². The fourth-order valence-corrected chi connectivity index (χ4v) is 8.93. The molecule has 2 fully saturated rings. The van der Waals surface area contributed by atoms with Crippen LogP contribution < -0.4 is 4.74 Å². The van der Waals surface area contributed by atoms with Crippen molar-refractivity contribution in [2.24, 2.45) is 23.2 Å². The van der Waals surface area contributed by atoms with E-state index in [1.54, 1.807) is 13.8 Å². The van der Waals surface area contributed by atoms with Crippen molar-refractivity contribution in [2.75, 3.05) is 33.0 Å². The molecule has 2 aliphatic rings. The van der Waals surface area contributed by atoms with E-state index in [2.05, 4.69) is 64.3 Å². The molecule has 0 saturated heterocycles. The predicted molar refractivity (Wildman–Crippen MR) is 227 cm³/mol. The van der Waals surface area contributed by atoms with Crippen molar-refractivity contribution in [2.45, 2.75) is 143 Å². The summed E-state index contributed by atoms with van der Waals surface area (Å²) in [6.45, 7) is 18.1. The second-order valence-electron chi connectivity index (χ2n) is 17.4. The summed E-state index contributed by atoms with van der Waals surface area (Å²) in [6, 6.07) is 11.5. The van der Waals surface area contributed by atoms with E-state index in [4.69, 9.17) is 14.2 Å². The van der Waals surface area contributed by atoms with Crippen molar-refractivity contribution in [1.82, 2.24) is 0 Å². The molecule has 0 unspecified atom stereocenters. The Kier molecular flexibility index (Phi) is 18.2. The van der Waals surface area contributed by atoms with Gasteiger partial charge in [0, 0.05) is 16.6 Å². The zero-order valence-electron chi connectivity index (χ0n) is 35.4. The Morgan fingerprint density at radius 3 is 1.77 bits per heavy atom. The number of esters is 2. The van der Waals surface area contributed by atoms with Crippen LogP contribution in [0.2, 0.25) is 0 Å². The van der Waals surface area contributed by atoms with Crippen molar-refractivity contribution in [3.05, 3.63) is 76.9 Å². The van der Waals surface area contributed by atoms with E-state index in [1.807, 2.05) is 0 Å². The molecule has 0 aromatic heterocycles. The highest BCUT2D eigenvalue weighted by Gasteiger charge is 2.31. The fraction of sp³-hybridized carbons (Fsp3) is 0.633. The Hall–Kier alpha value is -3.42. The molecule has 7 nitrogen and oxygen atoms in total. The maximum Gasteiger partial charge on any atom is 0.333 e. The molecule has 4 rings (SSSR count). The third kappa shape index (κ3) is 13.1. The molecule has 2 aromatic carbocycles. The summed E-state index contributed by atoms with van der Waals surface area (Å²) in [6.07, 6.45) is 16.4. The van der Waals surface area contributed by atoms with E-state index in [0.717, 1.165) is 59.5 Å². The van der Waals surface area contributed by atoms with E-state index in [-0.39, 0.29) is 26.4 Å². The standard InChI is InChI=1S/C49H72O7/c1-8-9-24-49(32-50,33-51)25-28-54-46-42(12-10-26-55-47(52)34(2)3)30-44(31-43(46)13-11-27-56-48(53)35(4)5)45-23-22-41(29-37(45)7)40-20-18-39(19-21-40)38-16-14-36(6)15-17-38/h22-23,29-31,36,38-40,50-51H,2,4,8-21,24-28,32-33H2,1,3,5-7H3. The zero-order chi connectivity index (χ0) is 40.7. The topological polar surface area (TPSA) is 102 Å². The Morgan fingerprint density at radius 1 is 0.750 bits per heavy atom. The molecule has 2 N–H and O–H groups in total. The van der Waals surface area contributed by atoms with Crippen LogP contribution in [0.15, 0.2) is 54.6 Å². The largest absolute Gasteiger partial charge is 0.493 e. The predicted octanol–water partition coefficient (Wildman–Crippen LogP) is 10.8. The summed E-state index contributed by atoms with van der Waals surface area (Å²) in [7, 11) is 0. The summed E-state index contributed by atoms with van der Waals surface area (Å²) in [5.41, 5.74) is 7.11. The minimum Gasteiger partial charge on any atom is -0.493 e. The number of unbranched alkanes of at least 4 members (excludes halogenated alkanes) is 1. The SMILES string of the molecule is C=C(C)C(=O)OCCCc1cc(-c2ccc(C3CCC(C4CCC(C)CC4)CC3)cc2C)cc(CCCOC(=O)C(=C)C)c1OCCC(CO)(CO)CCCC. The number of aliphatic hydroxyl groups excluding tert-OH is 2. The molecule has 0 heterocycles. The molecule has 0 atom stereocenters. The Balaban J connectivity index is 1.61. The zero-order valence-corrected chi connectivity index (χ0v) is 35.4. The van der Waals surface area contributed by atoms with E-state index in [0.29, 0.717) is 55.8 Å². The van der Waals surface area contributed by atoms with Crippen LogP contribution in [0.1, 0.15) is 146 Å². The molecular weight excluding hydrogens is 701 g/mol. The van der Waals surface area contributed by atoms with Gasteiger partial charge in [0.05, 0.1) is 33.0 Å². The number of carbonyl (C=O) groups excluding carboxylic acids is 2. The third-order valence-corrected chi connectivity index (χ3v) is 12.7. The third-order valence-electron chi connectivity index (χ3n) is 12.7. The van der Waals surface area contributed by atoms with E-state index in [1.165, 1.54) is 68.1 Å². The average molecular weight is 773 g/mol. The van der Waals surface area contributed by atoms with Crippen molar-refractivity contribution >= 4 is 11.9 Å². The van der Waals surface area contributed by atoms with Crippen LogP contribution in [0.4, 0.5) is 0 Å². The molecule has 0 radical (unpaired) electrons. The molecule has 0 bridgehead atoms. The number of hydrogen-bond acceptors (Lipinski definition) is 7. The minimum atomic E-state index is -0.615. The molecule has 0 aliphatic heterocycles. The van der Waals surface area contributed by atoms with Crippen LogP contribution in [0, 0.1) is 30.1 Å². The van der Waals surface area contributed by atoms with Gasteiger partial charge in [-0.15, -0.1) is 0 Å². The van der Waals surface area contributed by atoms with Gasteiger partial charge in [0.15, 0.2) is 0 Å². The normalized spacial score (nSPS) is 20.0. The molecule has 0 spiro atoms. The number of hydrogen-bond donors (Lipinski definition) is 2. The molecule has 0 amide bonds. The van der Waals surface area contributed by atoms with Crippen molar-refractivity contribution in [1.29, 1.82) is 0 Å². The number of aliphatic hydroxyl groups is 2. The lowest BCUT2D eigenvalue weighted by molar-refractivity contribution is -0.139. The molecule has 56 heavy (non-hydrogen) atoms. The average Bonchev–Trinajstić information content (AvgIpc) is 3.20. The van der Waals surface area contributed by atoms with Crippen LogP contribution >= 0.6 is 0 Å².